The highest BCUT2D eigenvalue weighted by Gasteiger charge is 2.12. The minimum Gasteiger partial charge on any atom is -0.261 e. The summed E-state index contributed by atoms with van der Waals surface area (Å²) in [6.07, 6.45) is 1.61. The molecule has 4 aromatic rings. The molecule has 10 heteroatoms. The van der Waals surface area contributed by atoms with E-state index in [4.69, 9.17) is 0 Å². The molecule has 0 aliphatic rings. The summed E-state index contributed by atoms with van der Waals surface area (Å²) in [6, 6.07) is 12.8. The van der Waals surface area contributed by atoms with E-state index in [-0.39, 0.29) is 5.69 Å². The average Bonchev–Trinajstić information content (AvgIpc) is 3.24. The van der Waals surface area contributed by atoms with Gasteiger partial charge in [-0.3, -0.25) is 19.9 Å². The molecule has 0 aliphatic carbocycles. The highest BCUT2D eigenvalue weighted by atomic mass is 127. The van der Waals surface area contributed by atoms with E-state index in [1.165, 1.54) is 27.5 Å². The number of rotatable bonds is 5. The Morgan fingerprint density at radius 2 is 2.04 bits per heavy atom. The third kappa shape index (κ3) is 3.55. The molecule has 0 unspecified atom stereocenters. The van der Waals surface area contributed by atoms with Gasteiger partial charge < -0.3 is 0 Å². The molecule has 4 rings (SSSR count). The monoisotopic (exact) mass is 478 g/mol. The lowest BCUT2D eigenvalue weighted by Gasteiger charge is -2.00. The van der Waals surface area contributed by atoms with Crippen LogP contribution in [-0.2, 0) is 6.54 Å². The van der Waals surface area contributed by atoms with E-state index >= 15 is 0 Å². The number of nitrogens with zero attached hydrogens (tertiary/aromatic N) is 5. The summed E-state index contributed by atoms with van der Waals surface area (Å²) in [7, 11) is 0. The van der Waals surface area contributed by atoms with E-state index in [0.29, 0.717) is 22.9 Å². The van der Waals surface area contributed by atoms with Crippen LogP contribution in [0.1, 0.15) is 5.82 Å². The van der Waals surface area contributed by atoms with Gasteiger partial charge in [-0.15, -0.1) is 5.10 Å². The van der Waals surface area contributed by atoms with E-state index < -0.39 is 4.92 Å². The zero-order valence-corrected chi connectivity index (χ0v) is 16.1. The number of nitro benzene ring substituents is 1. The smallest absolute Gasteiger partial charge is 0.261 e. The third-order valence-electron chi connectivity index (χ3n) is 3.67. The Balaban J connectivity index is 1.53. The predicted octanol–water partition coefficient (Wildman–Crippen LogP) is 3.87. The number of benzene rings is 2. The number of hydrogen-bond acceptors (Lipinski definition) is 6. The van der Waals surface area contributed by atoms with Crippen LogP contribution in [0, 0.1) is 13.7 Å². The molecule has 0 fully saturated rings. The first-order valence-corrected chi connectivity index (χ1v) is 9.43. The first kappa shape index (κ1) is 17.0. The maximum Gasteiger partial charge on any atom is 0.270 e. The van der Waals surface area contributed by atoms with Crippen LogP contribution in [0.3, 0.4) is 0 Å². The Hall–Kier alpha value is -2.47. The molecule has 130 valence electrons. The quantitative estimate of drug-likeness (QED) is 0.266. The van der Waals surface area contributed by atoms with Crippen LogP contribution in [0.2, 0.25) is 0 Å². The largest absolute Gasteiger partial charge is 0.270 e. The van der Waals surface area contributed by atoms with Gasteiger partial charge in [-0.25, -0.2) is 4.98 Å². The van der Waals surface area contributed by atoms with Crippen molar-refractivity contribution in [1.82, 2.24) is 25.0 Å². The molecule has 0 saturated heterocycles. The maximum atomic E-state index is 10.9. The predicted molar refractivity (Wildman–Crippen MR) is 105 cm³/mol. The minimum absolute atomic E-state index is 0.0490. The molecule has 0 radical (unpaired) electrons. The summed E-state index contributed by atoms with van der Waals surface area (Å²) >= 11 is 3.74. The van der Waals surface area contributed by atoms with Crippen molar-refractivity contribution in [2.24, 2.45) is 0 Å². The zero-order chi connectivity index (χ0) is 18.1. The molecule has 0 atom stereocenters. The van der Waals surface area contributed by atoms with Gasteiger partial charge in [0.05, 0.1) is 16.6 Å². The molecule has 26 heavy (non-hydrogen) atoms. The number of fused-ring (bicyclic) bond motifs is 1. The molecular weight excluding hydrogens is 467 g/mol. The number of H-pyrrole nitrogens is 1. The summed E-state index contributed by atoms with van der Waals surface area (Å²) in [5.41, 5.74) is 0.853. The van der Waals surface area contributed by atoms with Crippen molar-refractivity contribution in [3.8, 4) is 0 Å². The second kappa shape index (κ2) is 7.03. The van der Waals surface area contributed by atoms with Gasteiger partial charge in [0.2, 0.25) is 5.16 Å². The molecule has 0 aliphatic heterocycles. The number of aromatic amines is 1. The molecule has 2 aromatic heterocycles. The van der Waals surface area contributed by atoms with Crippen LogP contribution in [-0.4, -0.2) is 29.9 Å². The number of halogens is 1. The summed E-state index contributed by atoms with van der Waals surface area (Å²) < 4.78 is 2.91. The lowest BCUT2D eigenvalue weighted by atomic mass is 10.2. The van der Waals surface area contributed by atoms with E-state index in [1.54, 1.807) is 16.9 Å². The Kier molecular flexibility index (Phi) is 4.59. The topological polar surface area (TPSA) is 103 Å². The summed E-state index contributed by atoms with van der Waals surface area (Å²) in [6.45, 7) is 0.404. The lowest BCUT2D eigenvalue weighted by Crippen LogP contribution is -2.03. The van der Waals surface area contributed by atoms with Crippen molar-refractivity contribution >= 4 is 50.9 Å². The van der Waals surface area contributed by atoms with Gasteiger partial charge in [0, 0.05) is 26.0 Å². The molecule has 0 amide bonds. The van der Waals surface area contributed by atoms with Gasteiger partial charge in [-0.2, -0.15) is 5.10 Å². The first-order chi connectivity index (χ1) is 12.6. The van der Waals surface area contributed by atoms with Gasteiger partial charge in [0.25, 0.3) is 5.69 Å². The molecule has 1 N–H and O–H groups in total. The van der Waals surface area contributed by atoms with E-state index in [1.807, 2.05) is 24.3 Å². The maximum absolute atomic E-state index is 10.9. The van der Waals surface area contributed by atoms with E-state index in [0.717, 1.165) is 10.4 Å². The average molecular weight is 478 g/mol. The highest BCUT2D eigenvalue weighted by molar-refractivity contribution is 14.1. The summed E-state index contributed by atoms with van der Waals surface area (Å²) in [4.78, 5) is 16.0. The van der Waals surface area contributed by atoms with Crippen molar-refractivity contribution in [2.75, 3.05) is 0 Å². The van der Waals surface area contributed by atoms with Crippen LogP contribution in [0.5, 0.6) is 0 Å². The minimum atomic E-state index is -0.415. The molecule has 2 heterocycles. The second-order valence-corrected chi connectivity index (χ2v) is 7.71. The Bertz CT molecular complexity index is 1090. The molecular formula is C16H11IN6O2S. The normalized spacial score (nSPS) is 11.1. The fraction of sp³-hybridized carbons (Fsp3) is 0.0625. The fourth-order valence-corrected chi connectivity index (χ4v) is 3.55. The lowest BCUT2D eigenvalue weighted by molar-refractivity contribution is -0.384. The van der Waals surface area contributed by atoms with Crippen LogP contribution in [0.15, 0.2) is 58.7 Å². The van der Waals surface area contributed by atoms with Crippen LogP contribution in [0.25, 0.3) is 10.9 Å². The van der Waals surface area contributed by atoms with Crippen LogP contribution < -0.4 is 0 Å². The standard InChI is InChI=1S/C16H11IN6O2S/c17-11-1-4-13(5-2-11)26-16-19-15(20-21-16)9-22-14-6-3-12(23(24)25)7-10(14)8-18-22/h1-8H,9H2,(H,19,20,21). The van der Waals surface area contributed by atoms with Crippen LogP contribution >= 0.6 is 34.4 Å². The SMILES string of the molecule is O=[N+]([O-])c1ccc2c(cnn2Cc2nc(Sc3ccc(I)cc3)n[nH]2)c1. The molecule has 8 nitrogen and oxygen atoms in total. The van der Waals surface area contributed by atoms with E-state index in [2.05, 4.69) is 42.9 Å². The van der Waals surface area contributed by atoms with Crippen molar-refractivity contribution < 1.29 is 4.92 Å². The number of hydrogen-bond donors (Lipinski definition) is 1. The first-order valence-electron chi connectivity index (χ1n) is 7.53. The molecule has 0 spiro atoms. The summed E-state index contributed by atoms with van der Waals surface area (Å²) in [5, 5.41) is 23.7. The Labute approximate surface area is 165 Å². The molecule has 2 aromatic carbocycles. The van der Waals surface area contributed by atoms with Gasteiger partial charge in [0.15, 0.2) is 0 Å². The number of nitrogens with one attached hydrogen (secondary N) is 1. The van der Waals surface area contributed by atoms with Gasteiger partial charge in [0.1, 0.15) is 12.4 Å². The van der Waals surface area contributed by atoms with Crippen molar-refractivity contribution in [3.63, 3.8) is 0 Å². The van der Waals surface area contributed by atoms with Gasteiger partial charge in [-0.1, -0.05) is 0 Å². The molecule has 0 saturated carbocycles. The zero-order valence-electron chi connectivity index (χ0n) is 13.2. The van der Waals surface area contributed by atoms with Gasteiger partial charge >= 0.3 is 0 Å². The molecule has 0 bridgehead atoms. The fourth-order valence-electron chi connectivity index (χ4n) is 2.46. The second-order valence-electron chi connectivity index (χ2n) is 5.42. The van der Waals surface area contributed by atoms with Crippen molar-refractivity contribution in [3.05, 3.63) is 68.2 Å². The number of non-ortho nitro benzene ring substituents is 1. The van der Waals surface area contributed by atoms with Crippen LogP contribution in [0.4, 0.5) is 5.69 Å². The third-order valence-corrected chi connectivity index (χ3v) is 5.26. The Morgan fingerprint density at radius 3 is 2.81 bits per heavy atom. The highest BCUT2D eigenvalue weighted by Crippen LogP contribution is 2.25. The number of aromatic nitrogens is 5. The van der Waals surface area contributed by atoms with Gasteiger partial charge in [-0.05, 0) is 64.7 Å². The van der Waals surface area contributed by atoms with Crippen molar-refractivity contribution in [1.29, 1.82) is 0 Å². The summed E-state index contributed by atoms with van der Waals surface area (Å²) in [5.74, 6) is 0.668. The van der Waals surface area contributed by atoms with Crippen molar-refractivity contribution in [2.45, 2.75) is 16.6 Å². The van der Waals surface area contributed by atoms with E-state index in [9.17, 15) is 10.1 Å². The Morgan fingerprint density at radius 1 is 1.23 bits per heavy atom. The number of nitro groups is 1.